The third-order valence-corrected chi connectivity index (χ3v) is 1.27. The third kappa shape index (κ3) is 1.44. The highest BCUT2D eigenvalue weighted by Gasteiger charge is 2.37. The predicted molar refractivity (Wildman–Crippen MR) is 33.0 cm³/mol. The topological polar surface area (TPSA) is 76.3 Å². The van der Waals surface area contributed by atoms with E-state index in [0.29, 0.717) is 0 Å². The Morgan fingerprint density at radius 3 is 2.23 bits per heavy atom. The smallest absolute Gasteiger partial charge is 0.271 e. The molecule has 1 N–H and O–H groups in total. The van der Waals surface area contributed by atoms with Crippen LogP contribution in [0.25, 0.3) is 0 Å². The number of alkyl halides is 3. The first-order chi connectivity index (χ1) is 6.00. The summed E-state index contributed by atoms with van der Waals surface area (Å²) >= 11 is 0. The van der Waals surface area contributed by atoms with E-state index in [1.165, 1.54) is 12.1 Å². The maximum Gasteiger partial charge on any atom is 0.434 e. The van der Waals surface area contributed by atoms with Crippen LogP contribution in [0.5, 0.6) is 0 Å². The summed E-state index contributed by atoms with van der Waals surface area (Å²) in [5.41, 5.74) is -2.60. The molecule has 66 valence electrons. The molecular formula is C6HF3N4. The molecule has 1 heterocycles. The van der Waals surface area contributed by atoms with Gasteiger partial charge in [-0.1, -0.05) is 0 Å². The summed E-state index contributed by atoms with van der Waals surface area (Å²) in [5, 5.41) is 21.2. The highest BCUT2D eigenvalue weighted by molar-refractivity contribution is 5.44. The lowest BCUT2D eigenvalue weighted by Gasteiger charge is -2.01. The highest BCUT2D eigenvalue weighted by atomic mass is 19.4. The maximum atomic E-state index is 12.1. The van der Waals surface area contributed by atoms with Gasteiger partial charge in [0.15, 0.2) is 11.4 Å². The molecule has 13 heavy (non-hydrogen) atoms. The van der Waals surface area contributed by atoms with E-state index >= 15 is 0 Å². The van der Waals surface area contributed by atoms with Gasteiger partial charge in [-0.3, -0.25) is 5.10 Å². The van der Waals surface area contributed by atoms with Gasteiger partial charge in [0, 0.05) is 0 Å². The number of aromatic nitrogens is 2. The zero-order valence-corrected chi connectivity index (χ0v) is 5.98. The van der Waals surface area contributed by atoms with Crippen molar-refractivity contribution < 1.29 is 13.2 Å². The van der Waals surface area contributed by atoms with Gasteiger partial charge in [-0.25, -0.2) is 0 Å². The minimum absolute atomic E-state index is 0.546. The van der Waals surface area contributed by atoms with Crippen LogP contribution < -0.4 is 0 Å². The fraction of sp³-hybridized carbons (Fsp3) is 0.167. The van der Waals surface area contributed by atoms with Crippen LogP contribution in [-0.2, 0) is 6.18 Å². The number of nitrogens with zero attached hydrogens (tertiary/aromatic N) is 3. The zero-order valence-electron chi connectivity index (χ0n) is 5.98. The van der Waals surface area contributed by atoms with Crippen LogP contribution in [0.3, 0.4) is 0 Å². The van der Waals surface area contributed by atoms with E-state index in [9.17, 15) is 13.2 Å². The molecule has 0 amide bonds. The maximum absolute atomic E-state index is 12.1. The summed E-state index contributed by atoms with van der Waals surface area (Å²) in [6.07, 6.45) is -4.69. The molecule has 7 heteroatoms. The molecule has 0 aromatic carbocycles. The Morgan fingerprint density at radius 2 is 1.85 bits per heavy atom. The fourth-order valence-corrected chi connectivity index (χ4v) is 0.737. The second-order valence-electron chi connectivity index (χ2n) is 2.04. The van der Waals surface area contributed by atoms with E-state index in [2.05, 4.69) is 5.10 Å². The molecule has 0 bridgehead atoms. The first-order valence-electron chi connectivity index (χ1n) is 2.96. The number of hydrogen-bond acceptors (Lipinski definition) is 3. The molecule has 4 nitrogen and oxygen atoms in total. The number of H-pyrrole nitrogens is 1. The lowest BCUT2D eigenvalue weighted by molar-refractivity contribution is -0.141. The Bertz CT molecular complexity index is 403. The standard InChI is InChI=1S/C6HF3N4/c7-6(8,9)5-3(1-10)4(2-11)12-13-5/h(H,12,13). The molecule has 0 spiro atoms. The monoisotopic (exact) mass is 186 g/mol. The minimum Gasteiger partial charge on any atom is -0.271 e. The van der Waals surface area contributed by atoms with Crippen LogP contribution in [0.1, 0.15) is 17.0 Å². The number of halogens is 3. The molecule has 0 saturated heterocycles. The number of rotatable bonds is 0. The molecule has 1 aromatic heterocycles. The fourth-order valence-electron chi connectivity index (χ4n) is 0.737. The van der Waals surface area contributed by atoms with Crippen molar-refractivity contribution in [1.29, 1.82) is 10.5 Å². The van der Waals surface area contributed by atoms with Crippen molar-refractivity contribution in [2.24, 2.45) is 0 Å². The van der Waals surface area contributed by atoms with Crippen LogP contribution in [0.15, 0.2) is 0 Å². The number of nitrogens with one attached hydrogen (secondary N) is 1. The average molecular weight is 186 g/mol. The third-order valence-electron chi connectivity index (χ3n) is 1.27. The second kappa shape index (κ2) is 2.79. The Labute approximate surface area is 70.2 Å². The summed E-state index contributed by atoms with van der Waals surface area (Å²) in [6.45, 7) is 0. The molecule has 1 aromatic rings. The lowest BCUT2D eigenvalue weighted by atomic mass is 10.2. The minimum atomic E-state index is -4.69. The molecule has 0 aliphatic heterocycles. The predicted octanol–water partition coefficient (Wildman–Crippen LogP) is 1.17. The van der Waals surface area contributed by atoms with Gasteiger partial charge in [0.2, 0.25) is 0 Å². The van der Waals surface area contributed by atoms with Crippen molar-refractivity contribution in [1.82, 2.24) is 10.2 Å². The van der Waals surface area contributed by atoms with Gasteiger partial charge in [0.1, 0.15) is 17.7 Å². The van der Waals surface area contributed by atoms with Gasteiger partial charge in [0.25, 0.3) is 0 Å². The average Bonchev–Trinajstić information content (AvgIpc) is 2.45. The van der Waals surface area contributed by atoms with Crippen molar-refractivity contribution >= 4 is 0 Å². The van der Waals surface area contributed by atoms with E-state index in [1.54, 1.807) is 5.10 Å². The van der Waals surface area contributed by atoms with Gasteiger partial charge in [-0.05, 0) is 0 Å². The van der Waals surface area contributed by atoms with Crippen molar-refractivity contribution in [3.05, 3.63) is 17.0 Å². The molecule has 0 atom stereocenters. The summed E-state index contributed by atoms with van der Waals surface area (Å²) < 4.78 is 36.2. The Balaban J connectivity index is 3.37. The van der Waals surface area contributed by atoms with Crippen LogP contribution in [0.2, 0.25) is 0 Å². The van der Waals surface area contributed by atoms with Crippen molar-refractivity contribution in [2.45, 2.75) is 6.18 Å². The number of nitriles is 2. The van der Waals surface area contributed by atoms with Gasteiger partial charge >= 0.3 is 6.18 Å². The number of hydrogen-bond donors (Lipinski definition) is 1. The molecule has 0 saturated carbocycles. The molecule has 0 unspecified atom stereocenters. The van der Waals surface area contributed by atoms with E-state index in [-0.39, 0.29) is 0 Å². The summed E-state index contributed by atoms with van der Waals surface area (Å²) in [6, 6.07) is 2.64. The molecule has 1 rings (SSSR count). The molecule has 0 fully saturated rings. The SMILES string of the molecule is N#Cc1n[nH]c(C(F)(F)F)c1C#N. The van der Waals surface area contributed by atoms with Gasteiger partial charge < -0.3 is 0 Å². The van der Waals surface area contributed by atoms with Crippen LogP contribution in [0, 0.1) is 22.7 Å². The van der Waals surface area contributed by atoms with Crippen molar-refractivity contribution in [3.63, 3.8) is 0 Å². The molecule has 0 radical (unpaired) electrons. The van der Waals surface area contributed by atoms with E-state index in [0.717, 1.165) is 0 Å². The summed E-state index contributed by atoms with van der Waals surface area (Å²) in [4.78, 5) is 0. The summed E-state index contributed by atoms with van der Waals surface area (Å²) in [7, 11) is 0. The molecule has 0 aliphatic rings. The molecular weight excluding hydrogens is 185 g/mol. The van der Waals surface area contributed by atoms with Gasteiger partial charge in [0.05, 0.1) is 0 Å². The second-order valence-corrected chi connectivity index (χ2v) is 2.04. The van der Waals surface area contributed by atoms with E-state index in [4.69, 9.17) is 10.5 Å². The Hall–Kier alpha value is -2.02. The zero-order chi connectivity index (χ0) is 10.1. The van der Waals surface area contributed by atoms with Crippen molar-refractivity contribution in [2.75, 3.05) is 0 Å². The van der Waals surface area contributed by atoms with E-state index in [1.807, 2.05) is 0 Å². The largest absolute Gasteiger partial charge is 0.434 e. The van der Waals surface area contributed by atoms with Gasteiger partial charge in [-0.2, -0.15) is 28.8 Å². The Kier molecular flexibility index (Phi) is 1.95. The van der Waals surface area contributed by atoms with Crippen LogP contribution in [-0.4, -0.2) is 10.2 Å². The summed E-state index contributed by atoms with van der Waals surface area (Å²) in [5.74, 6) is 0. The Morgan fingerprint density at radius 1 is 1.23 bits per heavy atom. The normalized spacial score (nSPS) is 10.5. The number of aromatic amines is 1. The molecule has 0 aliphatic carbocycles. The lowest BCUT2D eigenvalue weighted by Crippen LogP contribution is -2.07. The van der Waals surface area contributed by atoms with Crippen LogP contribution in [0.4, 0.5) is 13.2 Å². The van der Waals surface area contributed by atoms with Crippen LogP contribution >= 0.6 is 0 Å². The first kappa shape index (κ1) is 9.07. The van der Waals surface area contributed by atoms with Gasteiger partial charge in [-0.15, -0.1) is 0 Å². The first-order valence-corrected chi connectivity index (χ1v) is 2.96. The highest BCUT2D eigenvalue weighted by Crippen LogP contribution is 2.30. The van der Waals surface area contributed by atoms with Crippen molar-refractivity contribution in [3.8, 4) is 12.1 Å². The quantitative estimate of drug-likeness (QED) is 0.660. The van der Waals surface area contributed by atoms with E-state index < -0.39 is 23.1 Å².